The Morgan fingerprint density at radius 3 is 2.62 bits per heavy atom. The number of nitrogens with zero attached hydrogens (tertiary/aromatic N) is 2. The van der Waals surface area contributed by atoms with Crippen LogP contribution in [0.5, 0.6) is 0 Å². The maximum atomic E-state index is 12.6. The molecule has 0 N–H and O–H groups in total. The molecule has 0 spiro atoms. The second-order valence-electron chi connectivity index (χ2n) is 7.36. The number of esters is 1. The molecule has 0 aliphatic carbocycles. The van der Waals surface area contributed by atoms with Gasteiger partial charge >= 0.3 is 5.97 Å². The number of nitriles is 1. The van der Waals surface area contributed by atoms with Gasteiger partial charge in [0.2, 0.25) is 0 Å². The van der Waals surface area contributed by atoms with Gasteiger partial charge in [-0.05, 0) is 39.7 Å². The normalized spacial score (nSPS) is 24.9. The monoisotopic (exact) mass is 326 g/mol. The van der Waals surface area contributed by atoms with Crippen molar-refractivity contribution in [3.8, 4) is 6.07 Å². The zero-order valence-corrected chi connectivity index (χ0v) is 14.9. The summed E-state index contributed by atoms with van der Waals surface area (Å²) in [5.41, 5.74) is 0.695. The molecule has 0 amide bonds. The molecule has 1 aliphatic rings. The quantitative estimate of drug-likeness (QED) is 0.625. The Morgan fingerprint density at radius 2 is 2.04 bits per heavy atom. The summed E-state index contributed by atoms with van der Waals surface area (Å²) in [4.78, 5) is 14.9. The van der Waals surface area contributed by atoms with E-state index < -0.39 is 5.60 Å². The first kappa shape index (κ1) is 18.2. The van der Waals surface area contributed by atoms with Crippen molar-refractivity contribution in [1.82, 2.24) is 4.90 Å². The van der Waals surface area contributed by atoms with Crippen LogP contribution in [0.1, 0.15) is 39.7 Å². The number of hydrogen-bond donors (Lipinski definition) is 0. The molecule has 4 nitrogen and oxygen atoms in total. The average Bonchev–Trinajstić information content (AvgIpc) is 2.81. The van der Waals surface area contributed by atoms with Gasteiger partial charge < -0.3 is 4.74 Å². The van der Waals surface area contributed by atoms with Crippen molar-refractivity contribution in [2.24, 2.45) is 5.92 Å². The van der Waals surface area contributed by atoms with Crippen molar-refractivity contribution in [2.45, 2.75) is 58.3 Å². The van der Waals surface area contributed by atoms with Crippen LogP contribution in [0, 0.1) is 17.2 Å². The zero-order valence-electron chi connectivity index (χ0n) is 14.9. The second kappa shape index (κ2) is 7.63. The topological polar surface area (TPSA) is 53.3 Å². The number of hydrogen-bond acceptors (Lipinski definition) is 4. The molecule has 1 aromatic carbocycles. The van der Waals surface area contributed by atoms with E-state index in [-0.39, 0.29) is 24.0 Å². The van der Waals surface area contributed by atoms with Crippen LogP contribution in [-0.4, -0.2) is 28.6 Å². The fourth-order valence-corrected chi connectivity index (χ4v) is 3.22. The molecule has 1 aromatic rings. The number of carbonyl (C=O) groups is 1. The molecule has 3 atom stereocenters. The Labute approximate surface area is 144 Å². The highest BCUT2D eigenvalue weighted by Gasteiger charge is 2.43. The molecule has 128 valence electrons. The highest BCUT2D eigenvalue weighted by atomic mass is 16.6. The maximum Gasteiger partial charge on any atom is 0.311 e. The van der Waals surface area contributed by atoms with Crippen molar-refractivity contribution in [3.63, 3.8) is 0 Å². The predicted molar refractivity (Wildman–Crippen MR) is 93.9 cm³/mol. The van der Waals surface area contributed by atoms with Gasteiger partial charge in [0.1, 0.15) is 5.60 Å². The lowest BCUT2D eigenvalue weighted by molar-refractivity contribution is -0.160. The van der Waals surface area contributed by atoms with Crippen LogP contribution in [-0.2, 0) is 16.1 Å². The van der Waals surface area contributed by atoms with Crippen LogP contribution >= 0.6 is 0 Å². The molecular formula is C20H26N2O2. The standard InChI is InChI=1S/C20H26N2O2/c1-15-13-17(19(23)24-20(2,3)4)18(11-8-12-21)22(15)14-16-9-6-5-7-10-16/h5-11,15,17-18H,13-14H2,1-4H3/b11-8-/t15-,17+,18+/m1/s1. The molecule has 4 heteroatoms. The van der Waals surface area contributed by atoms with Gasteiger partial charge in [0.25, 0.3) is 0 Å². The summed E-state index contributed by atoms with van der Waals surface area (Å²) in [6, 6.07) is 12.4. The summed E-state index contributed by atoms with van der Waals surface area (Å²) in [6.45, 7) is 8.52. The fourth-order valence-electron chi connectivity index (χ4n) is 3.22. The van der Waals surface area contributed by atoms with Crippen LogP contribution in [0.3, 0.4) is 0 Å². The average molecular weight is 326 g/mol. The van der Waals surface area contributed by atoms with Crippen molar-refractivity contribution in [1.29, 1.82) is 5.26 Å². The van der Waals surface area contributed by atoms with Gasteiger partial charge in [-0.25, -0.2) is 0 Å². The van der Waals surface area contributed by atoms with Crippen LogP contribution in [0.15, 0.2) is 42.5 Å². The van der Waals surface area contributed by atoms with Gasteiger partial charge in [0, 0.05) is 24.7 Å². The molecule has 0 saturated carbocycles. The van der Waals surface area contributed by atoms with E-state index in [9.17, 15) is 4.79 Å². The number of rotatable bonds is 4. The molecule has 1 heterocycles. The number of carbonyl (C=O) groups excluding carboxylic acids is 1. The fraction of sp³-hybridized carbons (Fsp3) is 0.500. The van der Waals surface area contributed by atoms with Gasteiger partial charge in [-0.1, -0.05) is 36.4 Å². The first-order valence-electron chi connectivity index (χ1n) is 8.40. The van der Waals surface area contributed by atoms with Crippen molar-refractivity contribution in [3.05, 3.63) is 48.0 Å². The van der Waals surface area contributed by atoms with E-state index in [0.29, 0.717) is 0 Å². The third kappa shape index (κ3) is 4.69. The Hall–Kier alpha value is -2.12. The predicted octanol–water partition coefficient (Wildman–Crippen LogP) is 3.69. The zero-order chi connectivity index (χ0) is 17.7. The van der Waals surface area contributed by atoms with Crippen molar-refractivity contribution < 1.29 is 9.53 Å². The van der Waals surface area contributed by atoms with Crippen LogP contribution in [0.2, 0.25) is 0 Å². The lowest BCUT2D eigenvalue weighted by atomic mass is 9.98. The second-order valence-corrected chi connectivity index (χ2v) is 7.36. The summed E-state index contributed by atoms with van der Waals surface area (Å²) in [5, 5.41) is 8.91. The molecule has 1 fully saturated rings. The van der Waals surface area contributed by atoms with Gasteiger partial charge in [0.05, 0.1) is 12.0 Å². The Balaban J connectivity index is 2.22. The molecule has 0 radical (unpaired) electrons. The minimum Gasteiger partial charge on any atom is -0.460 e. The summed E-state index contributed by atoms with van der Waals surface area (Å²) in [6.07, 6.45) is 4.04. The van der Waals surface area contributed by atoms with E-state index in [2.05, 4.69) is 24.0 Å². The van der Waals surface area contributed by atoms with Gasteiger partial charge in [-0.15, -0.1) is 0 Å². The van der Waals surface area contributed by atoms with Gasteiger partial charge in [-0.2, -0.15) is 5.26 Å². The lowest BCUT2D eigenvalue weighted by Crippen LogP contribution is -2.38. The van der Waals surface area contributed by atoms with Gasteiger partial charge in [-0.3, -0.25) is 9.69 Å². The van der Waals surface area contributed by atoms with Gasteiger partial charge in [0.15, 0.2) is 0 Å². The van der Waals surface area contributed by atoms with Crippen LogP contribution in [0.25, 0.3) is 0 Å². The SMILES string of the molecule is C[C@@H]1C[C@H](C(=O)OC(C)(C)C)[C@H](/C=C\C#N)N1Cc1ccccc1. The smallest absolute Gasteiger partial charge is 0.311 e. The Morgan fingerprint density at radius 1 is 1.38 bits per heavy atom. The molecule has 1 saturated heterocycles. The Kier molecular flexibility index (Phi) is 5.80. The summed E-state index contributed by atoms with van der Waals surface area (Å²) >= 11 is 0. The number of allylic oxidation sites excluding steroid dienone is 1. The third-order valence-corrected chi connectivity index (χ3v) is 4.24. The highest BCUT2D eigenvalue weighted by Crippen LogP contribution is 2.34. The van der Waals surface area contributed by atoms with Crippen LogP contribution < -0.4 is 0 Å². The van der Waals surface area contributed by atoms with E-state index >= 15 is 0 Å². The molecule has 0 aromatic heterocycles. The summed E-state index contributed by atoms with van der Waals surface area (Å²) in [5.74, 6) is -0.426. The van der Waals surface area contributed by atoms with E-state index in [1.807, 2.05) is 51.1 Å². The number of benzene rings is 1. The minimum absolute atomic E-state index is 0.116. The molecule has 2 rings (SSSR count). The molecule has 1 aliphatic heterocycles. The maximum absolute atomic E-state index is 12.6. The molecule has 0 bridgehead atoms. The minimum atomic E-state index is -0.503. The molecular weight excluding hydrogens is 300 g/mol. The van der Waals surface area contributed by atoms with E-state index in [1.54, 1.807) is 0 Å². The first-order valence-corrected chi connectivity index (χ1v) is 8.40. The highest BCUT2D eigenvalue weighted by molar-refractivity contribution is 5.74. The van der Waals surface area contributed by atoms with E-state index in [0.717, 1.165) is 13.0 Å². The number of likely N-dealkylation sites (tertiary alicyclic amines) is 1. The molecule has 24 heavy (non-hydrogen) atoms. The van der Waals surface area contributed by atoms with Crippen molar-refractivity contribution in [2.75, 3.05) is 0 Å². The van der Waals surface area contributed by atoms with E-state index in [4.69, 9.17) is 10.00 Å². The lowest BCUT2D eigenvalue weighted by Gasteiger charge is -2.29. The largest absolute Gasteiger partial charge is 0.460 e. The van der Waals surface area contributed by atoms with E-state index in [1.165, 1.54) is 11.6 Å². The summed E-state index contributed by atoms with van der Waals surface area (Å²) in [7, 11) is 0. The molecule has 0 unspecified atom stereocenters. The van der Waals surface area contributed by atoms with Crippen LogP contribution in [0.4, 0.5) is 0 Å². The summed E-state index contributed by atoms with van der Waals surface area (Å²) < 4.78 is 5.60. The number of ether oxygens (including phenoxy) is 1. The first-order chi connectivity index (χ1) is 11.3. The van der Waals surface area contributed by atoms with Crippen molar-refractivity contribution >= 4 is 5.97 Å². The third-order valence-electron chi connectivity index (χ3n) is 4.24. The Bertz CT molecular complexity index is 625.